The van der Waals surface area contributed by atoms with Crippen molar-refractivity contribution in [2.24, 2.45) is 0 Å². The number of nitrogens with two attached hydrogens (primary N) is 1. The van der Waals surface area contributed by atoms with Gasteiger partial charge in [-0.25, -0.2) is 0 Å². The summed E-state index contributed by atoms with van der Waals surface area (Å²) in [5, 5.41) is 9.10. The Morgan fingerprint density at radius 1 is 1.50 bits per heavy atom. The highest BCUT2D eigenvalue weighted by Crippen LogP contribution is 2.19. The minimum absolute atomic E-state index is 0.234. The number of aromatic amines is 1. The van der Waals surface area contributed by atoms with Crippen LogP contribution in [-0.4, -0.2) is 16.1 Å². The van der Waals surface area contributed by atoms with E-state index in [1.54, 1.807) is 26.0 Å². The molecular formula is C10H12N4O2. The first-order valence-corrected chi connectivity index (χ1v) is 4.76. The molecule has 2 rings (SSSR count). The summed E-state index contributed by atoms with van der Waals surface area (Å²) in [5.74, 6) is 0.858. The van der Waals surface area contributed by atoms with Gasteiger partial charge in [0.15, 0.2) is 11.6 Å². The molecular weight excluding hydrogens is 208 g/mol. The molecule has 0 aromatic carbocycles. The molecule has 6 heteroatoms. The number of amides is 1. The van der Waals surface area contributed by atoms with E-state index in [-0.39, 0.29) is 11.7 Å². The lowest BCUT2D eigenvalue weighted by atomic mass is 10.3. The molecule has 0 aliphatic carbocycles. The van der Waals surface area contributed by atoms with Crippen LogP contribution in [0.25, 0.3) is 0 Å². The number of nitrogens with zero attached hydrogens (tertiary/aromatic N) is 1. The number of carbonyl (C=O) groups excluding carboxylic acids is 1. The Labute approximate surface area is 91.8 Å². The van der Waals surface area contributed by atoms with E-state index in [1.807, 2.05) is 0 Å². The van der Waals surface area contributed by atoms with Crippen LogP contribution in [0.1, 0.15) is 22.0 Å². The van der Waals surface area contributed by atoms with Gasteiger partial charge in [0, 0.05) is 0 Å². The van der Waals surface area contributed by atoms with Gasteiger partial charge in [-0.2, -0.15) is 5.10 Å². The molecule has 0 atom stereocenters. The Kier molecular flexibility index (Phi) is 2.40. The van der Waals surface area contributed by atoms with Gasteiger partial charge in [-0.1, -0.05) is 0 Å². The highest BCUT2D eigenvalue weighted by Gasteiger charge is 2.14. The van der Waals surface area contributed by atoms with Crippen molar-refractivity contribution in [2.75, 3.05) is 11.1 Å². The Morgan fingerprint density at radius 2 is 2.25 bits per heavy atom. The summed E-state index contributed by atoms with van der Waals surface area (Å²) in [6.07, 6.45) is 0. The first-order valence-electron chi connectivity index (χ1n) is 4.76. The number of rotatable bonds is 2. The van der Waals surface area contributed by atoms with Crippen LogP contribution in [0.5, 0.6) is 0 Å². The van der Waals surface area contributed by atoms with Crippen molar-refractivity contribution >= 4 is 17.4 Å². The molecule has 0 aliphatic heterocycles. The first-order chi connectivity index (χ1) is 7.58. The van der Waals surface area contributed by atoms with Crippen LogP contribution in [0.2, 0.25) is 0 Å². The lowest BCUT2D eigenvalue weighted by Gasteiger charge is -1.99. The molecule has 0 saturated heterocycles. The van der Waals surface area contributed by atoms with Gasteiger partial charge in [-0.15, -0.1) is 0 Å². The molecule has 1 amide bonds. The van der Waals surface area contributed by atoms with Gasteiger partial charge in [-0.05, 0) is 26.0 Å². The number of anilines is 2. The molecule has 2 aromatic heterocycles. The summed E-state index contributed by atoms with van der Waals surface area (Å²) in [5.41, 5.74) is 6.84. The van der Waals surface area contributed by atoms with Crippen molar-refractivity contribution in [3.8, 4) is 0 Å². The van der Waals surface area contributed by atoms with Gasteiger partial charge in [0.1, 0.15) is 5.76 Å². The summed E-state index contributed by atoms with van der Waals surface area (Å²) in [6, 6.07) is 3.31. The van der Waals surface area contributed by atoms with E-state index in [1.165, 1.54) is 0 Å². The molecule has 0 saturated carbocycles. The van der Waals surface area contributed by atoms with Crippen molar-refractivity contribution < 1.29 is 9.21 Å². The minimum Gasteiger partial charge on any atom is -0.456 e. The standard InChI is InChI=1S/C10H12N4O2/c1-5-3-4-7(16-5)10(15)12-9-8(11)6(2)13-14-9/h3-4H,11H2,1-2H3,(H2,12,13,14,15). The molecule has 0 bridgehead atoms. The fourth-order valence-electron chi connectivity index (χ4n) is 1.26. The molecule has 2 aromatic rings. The van der Waals surface area contributed by atoms with Crippen LogP contribution in [0.15, 0.2) is 16.5 Å². The summed E-state index contributed by atoms with van der Waals surface area (Å²) >= 11 is 0. The third kappa shape index (κ3) is 1.77. The van der Waals surface area contributed by atoms with E-state index in [0.717, 1.165) is 0 Å². The average Bonchev–Trinajstić information content (AvgIpc) is 2.79. The Hall–Kier alpha value is -2.24. The fourth-order valence-corrected chi connectivity index (χ4v) is 1.26. The largest absolute Gasteiger partial charge is 0.456 e. The van der Waals surface area contributed by atoms with Crippen molar-refractivity contribution in [1.29, 1.82) is 0 Å². The van der Waals surface area contributed by atoms with E-state index in [9.17, 15) is 4.79 Å². The van der Waals surface area contributed by atoms with Gasteiger partial charge in [0.2, 0.25) is 0 Å². The van der Waals surface area contributed by atoms with Gasteiger partial charge in [0.25, 0.3) is 5.91 Å². The van der Waals surface area contributed by atoms with E-state index in [2.05, 4.69) is 15.5 Å². The van der Waals surface area contributed by atoms with Crippen LogP contribution in [0.3, 0.4) is 0 Å². The number of aromatic nitrogens is 2. The molecule has 0 radical (unpaired) electrons. The smallest absolute Gasteiger partial charge is 0.292 e. The zero-order chi connectivity index (χ0) is 11.7. The third-order valence-corrected chi connectivity index (χ3v) is 2.19. The van der Waals surface area contributed by atoms with Crippen LogP contribution in [0.4, 0.5) is 11.5 Å². The molecule has 6 nitrogen and oxygen atoms in total. The number of furan rings is 1. The average molecular weight is 220 g/mol. The number of aryl methyl sites for hydroxylation is 2. The highest BCUT2D eigenvalue weighted by atomic mass is 16.3. The second kappa shape index (κ2) is 3.73. The molecule has 0 fully saturated rings. The summed E-state index contributed by atoms with van der Waals surface area (Å²) < 4.78 is 5.17. The van der Waals surface area contributed by atoms with Gasteiger partial charge in [-0.3, -0.25) is 9.89 Å². The predicted octanol–water partition coefficient (Wildman–Crippen LogP) is 1.45. The monoisotopic (exact) mass is 220 g/mol. The quantitative estimate of drug-likeness (QED) is 0.713. The fraction of sp³-hybridized carbons (Fsp3) is 0.200. The van der Waals surface area contributed by atoms with Crippen LogP contribution >= 0.6 is 0 Å². The molecule has 16 heavy (non-hydrogen) atoms. The zero-order valence-corrected chi connectivity index (χ0v) is 9.00. The molecule has 84 valence electrons. The number of carbonyl (C=O) groups is 1. The van der Waals surface area contributed by atoms with Crippen LogP contribution in [0, 0.1) is 13.8 Å². The van der Waals surface area contributed by atoms with Crippen molar-refractivity contribution in [1.82, 2.24) is 10.2 Å². The second-order valence-corrected chi connectivity index (χ2v) is 3.48. The lowest BCUT2D eigenvalue weighted by molar-refractivity contribution is 0.0995. The number of nitrogen functional groups attached to an aromatic ring is 1. The Bertz CT molecular complexity index is 527. The topological polar surface area (TPSA) is 96.9 Å². The van der Waals surface area contributed by atoms with Crippen molar-refractivity contribution in [2.45, 2.75) is 13.8 Å². The lowest BCUT2D eigenvalue weighted by Crippen LogP contribution is -2.12. The highest BCUT2D eigenvalue weighted by molar-refractivity contribution is 6.03. The Balaban J connectivity index is 2.17. The predicted molar refractivity (Wildman–Crippen MR) is 59.1 cm³/mol. The molecule has 0 aliphatic rings. The third-order valence-electron chi connectivity index (χ3n) is 2.19. The summed E-state index contributed by atoms with van der Waals surface area (Å²) in [7, 11) is 0. The van der Waals surface area contributed by atoms with Gasteiger partial charge < -0.3 is 15.5 Å². The van der Waals surface area contributed by atoms with E-state index in [4.69, 9.17) is 10.2 Å². The number of H-pyrrole nitrogens is 1. The Morgan fingerprint density at radius 3 is 2.75 bits per heavy atom. The summed E-state index contributed by atoms with van der Waals surface area (Å²) in [4.78, 5) is 11.7. The van der Waals surface area contributed by atoms with Crippen molar-refractivity contribution in [3.63, 3.8) is 0 Å². The maximum atomic E-state index is 11.7. The van der Waals surface area contributed by atoms with E-state index >= 15 is 0 Å². The van der Waals surface area contributed by atoms with Gasteiger partial charge in [0.05, 0.1) is 11.4 Å². The zero-order valence-electron chi connectivity index (χ0n) is 9.00. The maximum Gasteiger partial charge on any atom is 0.292 e. The van der Waals surface area contributed by atoms with E-state index in [0.29, 0.717) is 23.0 Å². The molecule has 0 spiro atoms. The minimum atomic E-state index is -0.369. The molecule has 0 unspecified atom stereocenters. The summed E-state index contributed by atoms with van der Waals surface area (Å²) in [6.45, 7) is 3.54. The number of nitrogens with one attached hydrogen (secondary N) is 2. The first kappa shape index (κ1) is 10.3. The second-order valence-electron chi connectivity index (χ2n) is 3.48. The van der Waals surface area contributed by atoms with Crippen molar-refractivity contribution in [3.05, 3.63) is 29.3 Å². The number of hydrogen-bond donors (Lipinski definition) is 3. The number of hydrogen-bond acceptors (Lipinski definition) is 4. The maximum absolute atomic E-state index is 11.7. The molecule has 2 heterocycles. The van der Waals surface area contributed by atoms with Crippen LogP contribution in [-0.2, 0) is 0 Å². The van der Waals surface area contributed by atoms with Crippen LogP contribution < -0.4 is 11.1 Å². The normalized spacial score (nSPS) is 10.4. The SMILES string of the molecule is Cc1ccc(C(=O)Nc2n[nH]c(C)c2N)o1. The van der Waals surface area contributed by atoms with Gasteiger partial charge >= 0.3 is 0 Å². The molecule has 4 N–H and O–H groups in total. The van der Waals surface area contributed by atoms with E-state index < -0.39 is 0 Å².